The van der Waals surface area contributed by atoms with Crippen molar-refractivity contribution in [2.24, 2.45) is 0 Å². The predicted molar refractivity (Wildman–Crippen MR) is 74.3 cm³/mol. The van der Waals surface area contributed by atoms with Crippen molar-refractivity contribution in [3.8, 4) is 0 Å². The quantitative estimate of drug-likeness (QED) is 0.258. The van der Waals surface area contributed by atoms with E-state index < -0.39 is 18.2 Å². The first-order chi connectivity index (χ1) is 9.84. The summed E-state index contributed by atoms with van der Waals surface area (Å²) in [6.07, 6.45) is -1.34. The molecule has 0 fully saturated rings. The molecule has 1 N–H and O–H groups in total. The standard InChI is InChI=1S/C14H22O7/c1-10(2)13(16)20-8-7-18-5-6-19-9-12(15)21-14(17)11(3)4/h12,15H,1,3,5-9H2,2,4H3. The fourth-order valence-corrected chi connectivity index (χ4v) is 0.979. The molecule has 0 heterocycles. The van der Waals surface area contributed by atoms with Gasteiger partial charge < -0.3 is 24.1 Å². The molecular formula is C14H22O7. The van der Waals surface area contributed by atoms with Crippen LogP contribution in [0.25, 0.3) is 0 Å². The highest BCUT2D eigenvalue weighted by Gasteiger charge is 2.11. The second-order valence-electron chi connectivity index (χ2n) is 4.24. The Kier molecular flexibility index (Phi) is 10.1. The summed E-state index contributed by atoms with van der Waals surface area (Å²) < 4.78 is 19.6. The van der Waals surface area contributed by atoms with Gasteiger partial charge in [-0.15, -0.1) is 0 Å². The molecule has 0 aliphatic rings. The highest BCUT2D eigenvalue weighted by Crippen LogP contribution is 1.97. The number of esters is 2. The van der Waals surface area contributed by atoms with Gasteiger partial charge >= 0.3 is 11.9 Å². The van der Waals surface area contributed by atoms with Gasteiger partial charge in [0.1, 0.15) is 13.2 Å². The summed E-state index contributed by atoms with van der Waals surface area (Å²) in [4.78, 5) is 22.1. The Morgan fingerprint density at radius 3 is 2.05 bits per heavy atom. The van der Waals surface area contributed by atoms with E-state index in [-0.39, 0.29) is 38.6 Å². The fourth-order valence-electron chi connectivity index (χ4n) is 0.979. The van der Waals surface area contributed by atoms with Crippen molar-refractivity contribution in [2.45, 2.75) is 20.1 Å². The maximum absolute atomic E-state index is 11.1. The molecule has 0 aromatic heterocycles. The van der Waals surface area contributed by atoms with Gasteiger partial charge in [0.25, 0.3) is 0 Å². The maximum atomic E-state index is 11.1. The Bertz CT molecular complexity index is 376. The molecule has 0 saturated heterocycles. The van der Waals surface area contributed by atoms with Crippen molar-refractivity contribution < 1.29 is 33.6 Å². The molecule has 0 aromatic rings. The summed E-state index contributed by atoms with van der Waals surface area (Å²) >= 11 is 0. The number of carbonyl (C=O) groups is 2. The van der Waals surface area contributed by atoms with Gasteiger partial charge in [-0.1, -0.05) is 13.2 Å². The third kappa shape index (κ3) is 10.7. The Balaban J connectivity index is 3.44. The summed E-state index contributed by atoms with van der Waals surface area (Å²) in [6.45, 7) is 10.5. The fraction of sp³-hybridized carbons (Fsp3) is 0.571. The lowest BCUT2D eigenvalue weighted by molar-refractivity contribution is -0.173. The third-order valence-corrected chi connectivity index (χ3v) is 2.03. The lowest BCUT2D eigenvalue weighted by Crippen LogP contribution is -2.24. The van der Waals surface area contributed by atoms with Crippen LogP contribution in [0.5, 0.6) is 0 Å². The minimum atomic E-state index is -1.34. The van der Waals surface area contributed by atoms with E-state index in [0.717, 1.165) is 0 Å². The van der Waals surface area contributed by atoms with Crippen molar-refractivity contribution in [2.75, 3.05) is 33.0 Å². The van der Waals surface area contributed by atoms with E-state index in [0.29, 0.717) is 5.57 Å². The monoisotopic (exact) mass is 302 g/mol. The highest BCUT2D eigenvalue weighted by atomic mass is 16.7. The van der Waals surface area contributed by atoms with Crippen LogP contribution in [0.1, 0.15) is 13.8 Å². The van der Waals surface area contributed by atoms with Gasteiger partial charge in [-0.2, -0.15) is 0 Å². The van der Waals surface area contributed by atoms with Crippen molar-refractivity contribution in [3.63, 3.8) is 0 Å². The van der Waals surface area contributed by atoms with Gasteiger partial charge in [0, 0.05) is 11.1 Å². The number of carbonyl (C=O) groups excluding carboxylic acids is 2. The Hall–Kier alpha value is -1.70. The zero-order valence-electron chi connectivity index (χ0n) is 12.4. The van der Waals surface area contributed by atoms with E-state index in [1.54, 1.807) is 6.92 Å². The molecule has 1 unspecified atom stereocenters. The van der Waals surface area contributed by atoms with Crippen molar-refractivity contribution >= 4 is 11.9 Å². The van der Waals surface area contributed by atoms with E-state index in [1.807, 2.05) is 0 Å². The molecule has 0 aliphatic carbocycles. The second kappa shape index (κ2) is 11.0. The van der Waals surface area contributed by atoms with Gasteiger partial charge in [-0.3, -0.25) is 0 Å². The zero-order valence-corrected chi connectivity index (χ0v) is 12.4. The first kappa shape index (κ1) is 19.3. The molecule has 0 radical (unpaired) electrons. The van der Waals surface area contributed by atoms with Crippen molar-refractivity contribution in [1.82, 2.24) is 0 Å². The van der Waals surface area contributed by atoms with Crippen LogP contribution in [0.2, 0.25) is 0 Å². The molecule has 0 amide bonds. The van der Waals surface area contributed by atoms with E-state index in [9.17, 15) is 14.7 Å². The Morgan fingerprint density at radius 2 is 1.48 bits per heavy atom. The largest absolute Gasteiger partial charge is 0.460 e. The molecule has 0 bridgehead atoms. The summed E-state index contributed by atoms with van der Waals surface area (Å²) in [5.74, 6) is -1.14. The van der Waals surface area contributed by atoms with Crippen LogP contribution in [0.3, 0.4) is 0 Å². The average molecular weight is 302 g/mol. The third-order valence-electron chi connectivity index (χ3n) is 2.03. The molecule has 0 aliphatic heterocycles. The summed E-state index contributed by atoms with van der Waals surface area (Å²) in [7, 11) is 0. The Labute approximate surface area is 124 Å². The topological polar surface area (TPSA) is 91.3 Å². The average Bonchev–Trinajstić information content (AvgIpc) is 2.40. The molecule has 120 valence electrons. The Morgan fingerprint density at radius 1 is 0.952 bits per heavy atom. The first-order valence-corrected chi connectivity index (χ1v) is 6.37. The SMILES string of the molecule is C=C(C)C(=O)OCCOCCOCC(O)OC(=O)C(=C)C. The summed E-state index contributed by atoms with van der Waals surface area (Å²) in [5, 5.41) is 9.31. The molecule has 7 heteroatoms. The van der Waals surface area contributed by atoms with Gasteiger partial charge in [0.05, 0.1) is 19.8 Å². The molecule has 7 nitrogen and oxygen atoms in total. The summed E-state index contributed by atoms with van der Waals surface area (Å²) in [5.41, 5.74) is 0.526. The number of aliphatic hydroxyl groups is 1. The molecule has 0 rings (SSSR count). The van der Waals surface area contributed by atoms with Crippen LogP contribution < -0.4 is 0 Å². The highest BCUT2D eigenvalue weighted by molar-refractivity contribution is 5.87. The van der Waals surface area contributed by atoms with E-state index in [1.165, 1.54) is 6.92 Å². The van der Waals surface area contributed by atoms with E-state index in [2.05, 4.69) is 17.9 Å². The normalized spacial score (nSPS) is 11.6. The van der Waals surface area contributed by atoms with Crippen LogP contribution in [0.15, 0.2) is 24.3 Å². The van der Waals surface area contributed by atoms with Crippen LogP contribution in [-0.2, 0) is 28.5 Å². The van der Waals surface area contributed by atoms with Crippen LogP contribution >= 0.6 is 0 Å². The minimum Gasteiger partial charge on any atom is -0.460 e. The summed E-state index contributed by atoms with van der Waals surface area (Å²) in [6, 6.07) is 0. The molecule has 0 spiro atoms. The number of hydrogen-bond donors (Lipinski definition) is 1. The lowest BCUT2D eigenvalue weighted by Gasteiger charge is -2.12. The van der Waals surface area contributed by atoms with Crippen molar-refractivity contribution in [1.29, 1.82) is 0 Å². The first-order valence-electron chi connectivity index (χ1n) is 6.37. The van der Waals surface area contributed by atoms with Gasteiger partial charge in [-0.05, 0) is 13.8 Å². The number of aliphatic hydroxyl groups excluding tert-OH is 1. The lowest BCUT2D eigenvalue weighted by atomic mass is 10.4. The van der Waals surface area contributed by atoms with E-state index >= 15 is 0 Å². The number of rotatable bonds is 11. The number of hydrogen-bond acceptors (Lipinski definition) is 7. The minimum absolute atomic E-state index is 0.130. The van der Waals surface area contributed by atoms with Crippen LogP contribution in [0, 0.1) is 0 Å². The number of ether oxygens (including phenoxy) is 4. The molecular weight excluding hydrogens is 280 g/mol. The van der Waals surface area contributed by atoms with Gasteiger partial charge in [0.2, 0.25) is 6.29 Å². The molecule has 21 heavy (non-hydrogen) atoms. The van der Waals surface area contributed by atoms with Crippen molar-refractivity contribution in [3.05, 3.63) is 24.3 Å². The molecule has 1 atom stereocenters. The zero-order chi connectivity index (χ0) is 16.3. The smallest absolute Gasteiger partial charge is 0.335 e. The molecule has 0 aromatic carbocycles. The van der Waals surface area contributed by atoms with Crippen LogP contribution in [-0.4, -0.2) is 56.4 Å². The van der Waals surface area contributed by atoms with E-state index in [4.69, 9.17) is 14.2 Å². The molecule has 0 saturated carbocycles. The predicted octanol–water partition coefficient (Wildman–Crippen LogP) is 0.577. The van der Waals surface area contributed by atoms with Crippen LogP contribution in [0.4, 0.5) is 0 Å². The van der Waals surface area contributed by atoms with Gasteiger partial charge in [0.15, 0.2) is 0 Å². The van der Waals surface area contributed by atoms with Gasteiger partial charge in [-0.25, -0.2) is 9.59 Å². The second-order valence-corrected chi connectivity index (χ2v) is 4.24. The maximum Gasteiger partial charge on any atom is 0.335 e.